The maximum Gasteiger partial charge on any atom is 0.251 e. The lowest BCUT2D eigenvalue weighted by molar-refractivity contribution is 0.0939. The van der Waals surface area contributed by atoms with Crippen LogP contribution in [-0.4, -0.2) is 21.5 Å². The van der Waals surface area contributed by atoms with Gasteiger partial charge >= 0.3 is 0 Å². The SMILES string of the molecule is CCC(C)NC(=O)c1ccc2c(c1)nc(C)n2-c1cc(C)cc(C)c1. The molecule has 0 aliphatic carbocycles. The van der Waals surface area contributed by atoms with Crippen molar-refractivity contribution in [2.75, 3.05) is 0 Å². The summed E-state index contributed by atoms with van der Waals surface area (Å²) in [6.07, 6.45) is 0.911. The summed E-state index contributed by atoms with van der Waals surface area (Å²) >= 11 is 0. The lowest BCUT2D eigenvalue weighted by Crippen LogP contribution is -2.31. The molecule has 4 nitrogen and oxygen atoms in total. The minimum absolute atomic E-state index is 0.0464. The lowest BCUT2D eigenvalue weighted by Gasteiger charge is -2.12. The smallest absolute Gasteiger partial charge is 0.251 e. The van der Waals surface area contributed by atoms with Gasteiger partial charge in [-0.3, -0.25) is 9.36 Å². The lowest BCUT2D eigenvalue weighted by atomic mass is 10.1. The number of nitrogens with one attached hydrogen (secondary N) is 1. The standard InChI is InChI=1S/C21H25N3O/c1-6-15(4)22-21(25)17-7-8-20-19(12-17)23-16(5)24(20)18-10-13(2)9-14(3)11-18/h7-12,15H,6H2,1-5H3,(H,22,25). The predicted octanol–water partition coefficient (Wildman–Crippen LogP) is 4.48. The Hall–Kier alpha value is -2.62. The second-order valence-electron chi connectivity index (χ2n) is 6.83. The summed E-state index contributed by atoms with van der Waals surface area (Å²) in [6.45, 7) is 10.3. The van der Waals surface area contributed by atoms with E-state index in [0.29, 0.717) is 5.56 Å². The van der Waals surface area contributed by atoms with Gasteiger partial charge in [-0.2, -0.15) is 0 Å². The Morgan fingerprint density at radius 1 is 1.12 bits per heavy atom. The first kappa shape index (κ1) is 17.2. The van der Waals surface area contributed by atoms with Gasteiger partial charge in [0, 0.05) is 17.3 Å². The van der Waals surface area contributed by atoms with Gasteiger partial charge in [-0.15, -0.1) is 0 Å². The summed E-state index contributed by atoms with van der Waals surface area (Å²) in [7, 11) is 0. The number of hydrogen-bond acceptors (Lipinski definition) is 2. The zero-order valence-corrected chi connectivity index (χ0v) is 15.6. The van der Waals surface area contributed by atoms with Crippen LogP contribution in [0.2, 0.25) is 0 Å². The highest BCUT2D eigenvalue weighted by atomic mass is 16.1. The number of carbonyl (C=O) groups excluding carboxylic acids is 1. The van der Waals surface area contributed by atoms with Crippen molar-refractivity contribution in [3.05, 3.63) is 58.9 Å². The Kier molecular flexibility index (Phi) is 4.62. The van der Waals surface area contributed by atoms with Gasteiger partial charge in [0.2, 0.25) is 0 Å². The van der Waals surface area contributed by atoms with Crippen molar-refractivity contribution in [2.24, 2.45) is 0 Å². The molecule has 1 heterocycles. The monoisotopic (exact) mass is 335 g/mol. The van der Waals surface area contributed by atoms with Gasteiger partial charge in [0.25, 0.3) is 5.91 Å². The molecular formula is C21H25N3O. The van der Waals surface area contributed by atoms with E-state index < -0.39 is 0 Å². The maximum absolute atomic E-state index is 12.4. The van der Waals surface area contributed by atoms with E-state index in [4.69, 9.17) is 0 Å². The second-order valence-corrected chi connectivity index (χ2v) is 6.83. The molecule has 1 atom stereocenters. The number of nitrogens with zero attached hydrogens (tertiary/aromatic N) is 2. The number of hydrogen-bond donors (Lipinski definition) is 1. The van der Waals surface area contributed by atoms with E-state index in [9.17, 15) is 4.79 Å². The van der Waals surface area contributed by atoms with Gasteiger partial charge in [-0.25, -0.2) is 4.98 Å². The fourth-order valence-corrected chi connectivity index (χ4v) is 3.16. The van der Waals surface area contributed by atoms with Gasteiger partial charge in [-0.05, 0) is 75.6 Å². The number of fused-ring (bicyclic) bond motifs is 1. The summed E-state index contributed by atoms with van der Waals surface area (Å²) in [5.41, 5.74) is 6.06. The number of rotatable bonds is 4. The van der Waals surface area contributed by atoms with Crippen molar-refractivity contribution in [3.63, 3.8) is 0 Å². The van der Waals surface area contributed by atoms with E-state index in [2.05, 4.69) is 53.8 Å². The van der Waals surface area contributed by atoms with Crippen molar-refractivity contribution < 1.29 is 4.79 Å². The van der Waals surface area contributed by atoms with Gasteiger partial charge in [0.1, 0.15) is 5.82 Å². The van der Waals surface area contributed by atoms with Crippen LogP contribution < -0.4 is 5.32 Å². The number of amides is 1. The van der Waals surface area contributed by atoms with Crippen LogP contribution >= 0.6 is 0 Å². The van der Waals surface area contributed by atoms with Gasteiger partial charge < -0.3 is 5.32 Å². The number of aromatic nitrogens is 2. The molecular weight excluding hydrogens is 310 g/mol. The molecule has 0 spiro atoms. The Morgan fingerprint density at radius 2 is 1.80 bits per heavy atom. The third kappa shape index (κ3) is 3.43. The van der Waals surface area contributed by atoms with Crippen LogP contribution in [0.15, 0.2) is 36.4 Å². The average molecular weight is 335 g/mol. The summed E-state index contributed by atoms with van der Waals surface area (Å²) in [5.74, 6) is 0.870. The zero-order valence-electron chi connectivity index (χ0n) is 15.6. The fraction of sp³-hybridized carbons (Fsp3) is 0.333. The topological polar surface area (TPSA) is 46.9 Å². The molecule has 0 saturated carbocycles. The zero-order chi connectivity index (χ0) is 18.1. The number of carbonyl (C=O) groups is 1. The maximum atomic E-state index is 12.4. The van der Waals surface area contributed by atoms with Crippen LogP contribution in [0.25, 0.3) is 16.7 Å². The van der Waals surface area contributed by atoms with Gasteiger partial charge in [0.15, 0.2) is 0 Å². The summed E-state index contributed by atoms with van der Waals surface area (Å²) < 4.78 is 2.14. The molecule has 0 aliphatic rings. The van der Waals surface area contributed by atoms with Crippen molar-refractivity contribution in [2.45, 2.75) is 47.1 Å². The van der Waals surface area contributed by atoms with Crippen LogP contribution in [0.3, 0.4) is 0 Å². The van der Waals surface area contributed by atoms with Crippen LogP contribution in [0.5, 0.6) is 0 Å². The number of aryl methyl sites for hydroxylation is 3. The largest absolute Gasteiger partial charge is 0.350 e. The minimum Gasteiger partial charge on any atom is -0.350 e. The van der Waals surface area contributed by atoms with Crippen LogP contribution in [0, 0.1) is 20.8 Å². The minimum atomic E-state index is -0.0464. The molecule has 130 valence electrons. The summed E-state index contributed by atoms with van der Waals surface area (Å²) in [4.78, 5) is 17.0. The van der Waals surface area contributed by atoms with E-state index in [1.165, 1.54) is 11.1 Å². The first-order valence-electron chi connectivity index (χ1n) is 8.77. The predicted molar refractivity (Wildman–Crippen MR) is 103 cm³/mol. The van der Waals surface area contributed by atoms with Crippen LogP contribution in [0.4, 0.5) is 0 Å². The fourth-order valence-electron chi connectivity index (χ4n) is 3.16. The highest BCUT2D eigenvalue weighted by molar-refractivity contribution is 5.97. The number of imidazole rings is 1. The van der Waals surface area contributed by atoms with E-state index in [0.717, 1.165) is 29.0 Å². The summed E-state index contributed by atoms with van der Waals surface area (Å²) in [5, 5.41) is 3.01. The van der Waals surface area contributed by atoms with Crippen LogP contribution in [-0.2, 0) is 0 Å². The van der Waals surface area contributed by atoms with Crippen molar-refractivity contribution in [3.8, 4) is 5.69 Å². The third-order valence-corrected chi connectivity index (χ3v) is 4.54. The molecule has 1 aromatic heterocycles. The molecule has 0 aliphatic heterocycles. The molecule has 3 rings (SSSR count). The van der Waals surface area contributed by atoms with E-state index >= 15 is 0 Å². The molecule has 1 N–H and O–H groups in total. The average Bonchev–Trinajstić information content (AvgIpc) is 2.88. The van der Waals surface area contributed by atoms with Crippen molar-refractivity contribution in [1.82, 2.24) is 14.9 Å². The molecule has 25 heavy (non-hydrogen) atoms. The normalized spacial score (nSPS) is 12.4. The first-order valence-corrected chi connectivity index (χ1v) is 8.77. The molecule has 0 saturated heterocycles. The third-order valence-electron chi connectivity index (χ3n) is 4.54. The van der Waals surface area contributed by atoms with Gasteiger partial charge in [-0.1, -0.05) is 13.0 Å². The van der Waals surface area contributed by atoms with Crippen molar-refractivity contribution in [1.29, 1.82) is 0 Å². The highest BCUT2D eigenvalue weighted by Crippen LogP contribution is 2.24. The Morgan fingerprint density at radius 3 is 2.44 bits per heavy atom. The quantitative estimate of drug-likeness (QED) is 0.764. The molecule has 0 bridgehead atoms. The Bertz CT molecular complexity index is 919. The first-order chi connectivity index (χ1) is 11.9. The molecule has 1 unspecified atom stereocenters. The molecule has 1 amide bonds. The molecule has 3 aromatic rings. The number of benzene rings is 2. The molecule has 2 aromatic carbocycles. The van der Waals surface area contributed by atoms with E-state index in [1.807, 2.05) is 32.0 Å². The van der Waals surface area contributed by atoms with Crippen LogP contribution in [0.1, 0.15) is 47.6 Å². The van der Waals surface area contributed by atoms with Crippen molar-refractivity contribution >= 4 is 16.9 Å². The molecule has 0 radical (unpaired) electrons. The molecule has 0 fully saturated rings. The molecule has 4 heteroatoms. The highest BCUT2D eigenvalue weighted by Gasteiger charge is 2.14. The summed E-state index contributed by atoms with van der Waals surface area (Å²) in [6, 6.07) is 12.4. The van der Waals surface area contributed by atoms with Gasteiger partial charge in [0.05, 0.1) is 11.0 Å². The van der Waals surface area contributed by atoms with E-state index in [-0.39, 0.29) is 11.9 Å². The van der Waals surface area contributed by atoms with E-state index in [1.54, 1.807) is 0 Å². The Balaban J connectivity index is 2.05. The Labute approximate surface area is 148 Å². The second kappa shape index (κ2) is 6.71.